The van der Waals surface area contributed by atoms with Crippen LogP contribution in [0, 0.1) is 13.8 Å². The summed E-state index contributed by atoms with van der Waals surface area (Å²) in [4.78, 5) is 37.2. The molecule has 2 aromatic rings. The summed E-state index contributed by atoms with van der Waals surface area (Å²) in [6, 6.07) is 9.34. The van der Waals surface area contributed by atoms with E-state index in [0.29, 0.717) is 6.54 Å². The highest BCUT2D eigenvalue weighted by Crippen LogP contribution is 2.29. The first-order valence-electron chi connectivity index (χ1n) is 11.9. The summed E-state index contributed by atoms with van der Waals surface area (Å²) in [5, 5.41) is 8.23. The molecular weight excluding hydrogens is 487 g/mol. The van der Waals surface area contributed by atoms with Crippen molar-refractivity contribution < 1.29 is 32.3 Å². The topological polar surface area (TPSA) is 96.5 Å². The van der Waals surface area contributed by atoms with Gasteiger partial charge in [0.1, 0.15) is 5.60 Å². The van der Waals surface area contributed by atoms with Gasteiger partial charge in [0.25, 0.3) is 5.91 Å². The molecule has 37 heavy (non-hydrogen) atoms. The number of hydrogen-bond donors (Lipinski definition) is 3. The van der Waals surface area contributed by atoms with E-state index < -0.39 is 47.7 Å². The molecular formula is C27H34F3N3O4. The quantitative estimate of drug-likeness (QED) is 0.410. The number of rotatable bonds is 10. The molecule has 3 N–H and O–H groups in total. The maximum atomic E-state index is 12.9. The Bertz CT molecular complexity index is 1110. The molecule has 0 aromatic heterocycles. The molecule has 0 saturated heterocycles. The van der Waals surface area contributed by atoms with Crippen molar-refractivity contribution in [3.05, 3.63) is 70.3 Å². The number of alkyl halides is 3. The van der Waals surface area contributed by atoms with E-state index in [0.717, 1.165) is 34.9 Å². The van der Waals surface area contributed by atoms with Gasteiger partial charge in [-0.25, -0.2) is 0 Å². The monoisotopic (exact) mass is 521 g/mol. The maximum absolute atomic E-state index is 12.9. The highest BCUT2D eigenvalue weighted by atomic mass is 19.4. The molecule has 0 radical (unpaired) electrons. The minimum Gasteiger partial charge on any atom is -0.460 e. The Balaban J connectivity index is 1.98. The van der Waals surface area contributed by atoms with E-state index in [2.05, 4.69) is 22.0 Å². The highest BCUT2D eigenvalue weighted by molar-refractivity contribution is 5.96. The van der Waals surface area contributed by atoms with Crippen LogP contribution in [0.4, 0.5) is 13.2 Å². The summed E-state index contributed by atoms with van der Waals surface area (Å²) in [5.74, 6) is -1.92. The first-order chi connectivity index (χ1) is 17.1. The zero-order valence-electron chi connectivity index (χ0n) is 21.7. The lowest BCUT2D eigenvalue weighted by atomic mass is 10.1. The zero-order chi connectivity index (χ0) is 27.8. The molecule has 202 valence electrons. The van der Waals surface area contributed by atoms with Gasteiger partial charge in [0.05, 0.1) is 24.6 Å². The Hall–Kier alpha value is -3.40. The van der Waals surface area contributed by atoms with Crippen LogP contribution in [-0.2, 0) is 27.0 Å². The van der Waals surface area contributed by atoms with Gasteiger partial charge in [-0.05, 0) is 63.9 Å². The number of ether oxygens (including phenoxy) is 1. The Kier molecular flexibility index (Phi) is 10.2. The van der Waals surface area contributed by atoms with Crippen LogP contribution in [0.3, 0.4) is 0 Å². The fourth-order valence-electron chi connectivity index (χ4n) is 3.56. The third kappa shape index (κ3) is 10.6. The third-order valence-electron chi connectivity index (χ3n) is 5.26. The number of nitrogens with one attached hydrogen (secondary N) is 3. The lowest BCUT2D eigenvalue weighted by Gasteiger charge is -2.23. The second-order valence-corrected chi connectivity index (χ2v) is 9.88. The van der Waals surface area contributed by atoms with Gasteiger partial charge < -0.3 is 20.7 Å². The summed E-state index contributed by atoms with van der Waals surface area (Å²) in [7, 11) is 0. The summed E-state index contributed by atoms with van der Waals surface area (Å²) >= 11 is 0. The van der Waals surface area contributed by atoms with Crippen LogP contribution < -0.4 is 16.0 Å². The molecule has 7 nitrogen and oxygen atoms in total. The smallest absolute Gasteiger partial charge is 0.416 e. The molecule has 0 unspecified atom stereocenters. The largest absolute Gasteiger partial charge is 0.460 e. The summed E-state index contributed by atoms with van der Waals surface area (Å²) in [6.45, 7) is 9.50. The molecule has 0 aliphatic rings. The predicted molar refractivity (Wildman–Crippen MR) is 134 cm³/mol. The molecule has 1 atom stereocenters. The molecule has 0 fully saturated rings. The number of amides is 2. The van der Waals surface area contributed by atoms with E-state index in [1.54, 1.807) is 20.8 Å². The summed E-state index contributed by atoms with van der Waals surface area (Å²) in [5.41, 5.74) is 1.44. The van der Waals surface area contributed by atoms with Crippen molar-refractivity contribution in [2.24, 2.45) is 0 Å². The Morgan fingerprint density at radius 1 is 1.00 bits per heavy atom. The second-order valence-electron chi connectivity index (χ2n) is 9.88. The van der Waals surface area contributed by atoms with Crippen LogP contribution in [0.15, 0.2) is 42.5 Å². The first-order valence-corrected chi connectivity index (χ1v) is 11.9. The van der Waals surface area contributed by atoms with Crippen LogP contribution in [0.1, 0.15) is 59.8 Å². The van der Waals surface area contributed by atoms with Crippen LogP contribution in [0.25, 0.3) is 0 Å². The zero-order valence-corrected chi connectivity index (χ0v) is 21.7. The van der Waals surface area contributed by atoms with Crippen LogP contribution in [0.2, 0.25) is 0 Å². The molecule has 2 rings (SSSR count). The number of halogens is 3. The third-order valence-corrected chi connectivity index (χ3v) is 5.26. The fraction of sp³-hybridized carbons (Fsp3) is 0.444. The van der Waals surface area contributed by atoms with Crippen LogP contribution in [0.5, 0.6) is 0 Å². The lowest BCUT2D eigenvalue weighted by Crippen LogP contribution is -2.47. The van der Waals surface area contributed by atoms with Crippen molar-refractivity contribution in [1.29, 1.82) is 0 Å². The van der Waals surface area contributed by atoms with Crippen LogP contribution in [-0.4, -0.2) is 42.5 Å². The van der Waals surface area contributed by atoms with E-state index in [1.807, 2.05) is 26.0 Å². The minimum absolute atomic E-state index is 0.107. The highest BCUT2D eigenvalue weighted by Gasteiger charge is 2.31. The van der Waals surface area contributed by atoms with E-state index in [1.165, 1.54) is 6.07 Å². The van der Waals surface area contributed by atoms with Crippen molar-refractivity contribution in [2.75, 3.05) is 13.1 Å². The van der Waals surface area contributed by atoms with Crippen molar-refractivity contribution in [3.8, 4) is 0 Å². The number of hydrogen-bond acceptors (Lipinski definition) is 5. The molecule has 0 aliphatic heterocycles. The van der Waals surface area contributed by atoms with Crippen LogP contribution >= 0.6 is 0 Å². The van der Waals surface area contributed by atoms with E-state index in [-0.39, 0.29) is 18.5 Å². The second kappa shape index (κ2) is 12.7. The Labute approximate surface area is 215 Å². The summed E-state index contributed by atoms with van der Waals surface area (Å²) < 4.78 is 44.1. The van der Waals surface area contributed by atoms with Gasteiger partial charge in [-0.3, -0.25) is 14.4 Å². The van der Waals surface area contributed by atoms with E-state index >= 15 is 0 Å². The van der Waals surface area contributed by atoms with E-state index in [4.69, 9.17) is 4.74 Å². The standard InChI is InChI=1S/C27H34F3N3O4/c1-17-9-10-20(18(2)11-17)14-31-15-22(13-24(35)37-26(3,4)5)33-23(34)16-32-25(36)19-7-6-8-21(12-19)27(28,29)30/h6-12,22,31H,13-16H2,1-5H3,(H,32,36)(H,33,34)/t22-/m1/s1. The number of benzene rings is 2. The Morgan fingerprint density at radius 2 is 1.70 bits per heavy atom. The molecule has 0 aliphatic carbocycles. The number of esters is 1. The van der Waals surface area contributed by atoms with E-state index in [9.17, 15) is 27.6 Å². The number of aryl methyl sites for hydroxylation is 2. The van der Waals surface area contributed by atoms with Gasteiger partial charge in [0.15, 0.2) is 0 Å². The minimum atomic E-state index is -4.59. The van der Waals surface area contributed by atoms with Gasteiger partial charge in [0.2, 0.25) is 5.91 Å². The summed E-state index contributed by atoms with van der Waals surface area (Å²) in [6.07, 6.45) is -4.70. The van der Waals surface area contributed by atoms with Crippen molar-refractivity contribution in [3.63, 3.8) is 0 Å². The fourth-order valence-corrected chi connectivity index (χ4v) is 3.56. The molecule has 0 heterocycles. The number of carbonyl (C=O) groups excluding carboxylic acids is 3. The molecule has 2 aromatic carbocycles. The molecule has 2 amide bonds. The molecule has 10 heteroatoms. The van der Waals surface area contributed by atoms with Gasteiger partial charge in [-0.2, -0.15) is 13.2 Å². The Morgan fingerprint density at radius 3 is 2.32 bits per heavy atom. The van der Waals surface area contributed by atoms with Crippen molar-refractivity contribution >= 4 is 17.8 Å². The molecule has 0 saturated carbocycles. The maximum Gasteiger partial charge on any atom is 0.416 e. The lowest BCUT2D eigenvalue weighted by molar-refractivity contribution is -0.155. The first kappa shape index (κ1) is 29.8. The SMILES string of the molecule is Cc1ccc(CNC[C@@H](CC(=O)OC(C)(C)C)NC(=O)CNC(=O)c2cccc(C(F)(F)F)c2)c(C)c1. The normalized spacial score (nSPS) is 12.5. The van der Waals surface area contributed by atoms with Gasteiger partial charge >= 0.3 is 12.1 Å². The number of carbonyl (C=O) groups is 3. The predicted octanol–water partition coefficient (Wildman–Crippen LogP) is 4.06. The average molecular weight is 522 g/mol. The van der Waals surface area contributed by atoms with Crippen molar-refractivity contribution in [2.45, 2.75) is 65.4 Å². The average Bonchev–Trinajstić information content (AvgIpc) is 2.77. The molecule has 0 spiro atoms. The molecule has 0 bridgehead atoms. The van der Waals surface area contributed by atoms with Gasteiger partial charge in [-0.1, -0.05) is 29.8 Å². The van der Waals surface area contributed by atoms with Crippen molar-refractivity contribution in [1.82, 2.24) is 16.0 Å². The van der Waals surface area contributed by atoms with Gasteiger partial charge in [-0.15, -0.1) is 0 Å². The van der Waals surface area contributed by atoms with Gasteiger partial charge in [0, 0.05) is 18.7 Å².